The third-order valence-corrected chi connectivity index (χ3v) is 1.87. The Morgan fingerprint density at radius 2 is 2.00 bits per heavy atom. The van der Waals surface area contributed by atoms with E-state index in [9.17, 15) is 0 Å². The minimum absolute atomic E-state index is 0. The molecular formula is C8H20Cl2N2. The maximum absolute atomic E-state index is 3.52. The lowest BCUT2D eigenvalue weighted by Crippen LogP contribution is -2.45. The van der Waals surface area contributed by atoms with Crippen LogP contribution >= 0.6 is 24.8 Å². The Bertz CT molecular complexity index is 93.1. The van der Waals surface area contributed by atoms with E-state index < -0.39 is 0 Å². The zero-order valence-corrected chi connectivity index (χ0v) is 9.43. The summed E-state index contributed by atoms with van der Waals surface area (Å²) in [6.07, 6.45) is 2.66. The molecule has 0 aromatic rings. The average molecular weight is 215 g/mol. The maximum Gasteiger partial charge on any atom is 0.0195 e. The first-order valence-corrected chi connectivity index (χ1v) is 4.26. The van der Waals surface area contributed by atoms with E-state index in [2.05, 4.69) is 24.5 Å². The molecule has 0 saturated carbocycles. The number of halogens is 2. The normalized spacial score (nSPS) is 22.8. The first-order chi connectivity index (χ1) is 4.79. The van der Waals surface area contributed by atoms with E-state index in [4.69, 9.17) is 0 Å². The third kappa shape index (κ3) is 6.06. The fourth-order valence-corrected chi connectivity index (χ4v) is 1.47. The van der Waals surface area contributed by atoms with E-state index in [0.29, 0.717) is 12.1 Å². The van der Waals surface area contributed by atoms with Crippen LogP contribution in [0.15, 0.2) is 0 Å². The number of piperidine rings is 1. The van der Waals surface area contributed by atoms with Crippen molar-refractivity contribution in [1.29, 1.82) is 0 Å². The van der Waals surface area contributed by atoms with Crippen LogP contribution in [-0.4, -0.2) is 25.2 Å². The molecule has 4 heteroatoms. The molecule has 0 spiro atoms. The van der Waals surface area contributed by atoms with Crippen molar-refractivity contribution in [2.75, 3.05) is 13.1 Å². The summed E-state index contributed by atoms with van der Waals surface area (Å²) in [5.74, 6) is 0. The molecule has 0 aromatic carbocycles. The van der Waals surface area contributed by atoms with Crippen LogP contribution in [-0.2, 0) is 0 Å². The summed E-state index contributed by atoms with van der Waals surface area (Å²) in [4.78, 5) is 0. The highest BCUT2D eigenvalue weighted by atomic mass is 35.5. The first kappa shape index (κ1) is 15.0. The van der Waals surface area contributed by atoms with E-state index in [-0.39, 0.29) is 24.8 Å². The Kier molecular flexibility index (Phi) is 10.1. The van der Waals surface area contributed by atoms with E-state index in [1.165, 1.54) is 19.4 Å². The summed E-state index contributed by atoms with van der Waals surface area (Å²) in [5, 5.41) is 6.90. The van der Waals surface area contributed by atoms with E-state index >= 15 is 0 Å². The van der Waals surface area contributed by atoms with Crippen LogP contribution in [0, 0.1) is 0 Å². The Balaban J connectivity index is 0. The second-order valence-corrected chi connectivity index (χ2v) is 3.36. The van der Waals surface area contributed by atoms with Crippen LogP contribution in [0.5, 0.6) is 0 Å². The van der Waals surface area contributed by atoms with Gasteiger partial charge in [0.15, 0.2) is 0 Å². The van der Waals surface area contributed by atoms with Gasteiger partial charge in [-0.3, -0.25) is 0 Å². The highest BCUT2D eigenvalue weighted by Gasteiger charge is 2.12. The van der Waals surface area contributed by atoms with Gasteiger partial charge in [0, 0.05) is 18.6 Å². The molecular weight excluding hydrogens is 195 g/mol. The lowest BCUT2D eigenvalue weighted by Gasteiger charge is -2.25. The molecule has 1 heterocycles. The largest absolute Gasteiger partial charge is 0.315 e. The van der Waals surface area contributed by atoms with Gasteiger partial charge in [-0.05, 0) is 19.4 Å². The van der Waals surface area contributed by atoms with Crippen LogP contribution in [0.1, 0.15) is 26.7 Å². The van der Waals surface area contributed by atoms with Crippen molar-refractivity contribution in [3.8, 4) is 0 Å². The Hall–Kier alpha value is 0.500. The molecule has 1 unspecified atom stereocenters. The predicted octanol–water partition coefficient (Wildman–Crippen LogP) is 1.58. The lowest BCUT2D eigenvalue weighted by molar-refractivity contribution is 0.367. The minimum atomic E-state index is 0. The van der Waals surface area contributed by atoms with Crippen molar-refractivity contribution in [3.05, 3.63) is 0 Å². The van der Waals surface area contributed by atoms with Crippen molar-refractivity contribution in [3.63, 3.8) is 0 Å². The molecule has 2 nitrogen and oxygen atoms in total. The molecule has 0 aromatic heterocycles. The number of nitrogens with one attached hydrogen (secondary N) is 2. The second-order valence-electron chi connectivity index (χ2n) is 3.36. The standard InChI is InChI=1S/C8H18N2.2ClH/c1-7(2)10-8-4-3-5-9-6-8;;/h7-10H,3-6H2,1-2H3;2*1H. The van der Waals surface area contributed by atoms with Gasteiger partial charge in [0.1, 0.15) is 0 Å². The zero-order valence-electron chi connectivity index (χ0n) is 7.80. The van der Waals surface area contributed by atoms with Gasteiger partial charge in [0.2, 0.25) is 0 Å². The Morgan fingerprint density at radius 1 is 1.33 bits per heavy atom. The molecule has 0 radical (unpaired) electrons. The molecule has 1 rings (SSSR count). The molecule has 0 aliphatic carbocycles. The summed E-state index contributed by atoms with van der Waals surface area (Å²) in [6.45, 7) is 6.76. The van der Waals surface area contributed by atoms with Gasteiger partial charge in [-0.15, -0.1) is 24.8 Å². The monoisotopic (exact) mass is 214 g/mol. The van der Waals surface area contributed by atoms with Crippen molar-refractivity contribution in [2.45, 2.75) is 38.8 Å². The summed E-state index contributed by atoms with van der Waals surface area (Å²) < 4.78 is 0. The summed E-state index contributed by atoms with van der Waals surface area (Å²) in [7, 11) is 0. The summed E-state index contributed by atoms with van der Waals surface area (Å²) >= 11 is 0. The van der Waals surface area contributed by atoms with Gasteiger partial charge in [-0.2, -0.15) is 0 Å². The third-order valence-electron chi connectivity index (χ3n) is 1.87. The van der Waals surface area contributed by atoms with Crippen LogP contribution in [0.2, 0.25) is 0 Å². The number of hydrogen-bond acceptors (Lipinski definition) is 2. The van der Waals surface area contributed by atoms with Crippen LogP contribution in [0.4, 0.5) is 0 Å². The van der Waals surface area contributed by atoms with E-state index in [1.807, 2.05) is 0 Å². The maximum atomic E-state index is 3.52. The van der Waals surface area contributed by atoms with Gasteiger partial charge in [-0.1, -0.05) is 13.8 Å². The topological polar surface area (TPSA) is 24.1 Å². The Labute approximate surface area is 87.7 Å². The summed E-state index contributed by atoms with van der Waals surface area (Å²) in [5.41, 5.74) is 0. The molecule has 1 fully saturated rings. The van der Waals surface area contributed by atoms with Gasteiger partial charge < -0.3 is 10.6 Å². The smallest absolute Gasteiger partial charge is 0.0195 e. The van der Waals surface area contributed by atoms with Gasteiger partial charge >= 0.3 is 0 Å². The molecule has 2 N–H and O–H groups in total. The Morgan fingerprint density at radius 3 is 2.42 bits per heavy atom. The molecule has 1 aliphatic heterocycles. The summed E-state index contributed by atoms with van der Waals surface area (Å²) in [6, 6.07) is 1.35. The fraction of sp³-hybridized carbons (Fsp3) is 1.00. The molecule has 1 atom stereocenters. The van der Waals surface area contributed by atoms with Crippen molar-refractivity contribution >= 4 is 24.8 Å². The highest BCUT2D eigenvalue weighted by molar-refractivity contribution is 5.85. The zero-order chi connectivity index (χ0) is 7.40. The minimum Gasteiger partial charge on any atom is -0.315 e. The van der Waals surface area contributed by atoms with Crippen molar-refractivity contribution < 1.29 is 0 Å². The first-order valence-electron chi connectivity index (χ1n) is 4.26. The second kappa shape index (κ2) is 8.11. The van der Waals surface area contributed by atoms with E-state index in [0.717, 1.165) is 6.54 Å². The molecule has 1 saturated heterocycles. The fourth-order valence-electron chi connectivity index (χ4n) is 1.47. The molecule has 12 heavy (non-hydrogen) atoms. The average Bonchev–Trinajstić information content (AvgIpc) is 1.88. The van der Waals surface area contributed by atoms with Crippen LogP contribution in [0.25, 0.3) is 0 Å². The quantitative estimate of drug-likeness (QED) is 0.730. The van der Waals surface area contributed by atoms with Gasteiger partial charge in [-0.25, -0.2) is 0 Å². The molecule has 0 bridgehead atoms. The van der Waals surface area contributed by atoms with Gasteiger partial charge in [0.05, 0.1) is 0 Å². The number of rotatable bonds is 2. The highest BCUT2D eigenvalue weighted by Crippen LogP contribution is 2.01. The SMILES string of the molecule is CC(C)NC1CCCNC1.Cl.Cl. The molecule has 1 aliphatic rings. The van der Waals surface area contributed by atoms with Crippen molar-refractivity contribution in [2.24, 2.45) is 0 Å². The number of hydrogen-bond donors (Lipinski definition) is 2. The van der Waals surface area contributed by atoms with Crippen molar-refractivity contribution in [1.82, 2.24) is 10.6 Å². The molecule has 76 valence electrons. The van der Waals surface area contributed by atoms with E-state index in [1.54, 1.807) is 0 Å². The van der Waals surface area contributed by atoms with Crippen LogP contribution < -0.4 is 10.6 Å². The lowest BCUT2D eigenvalue weighted by atomic mass is 10.1. The van der Waals surface area contributed by atoms with Crippen LogP contribution in [0.3, 0.4) is 0 Å². The van der Waals surface area contributed by atoms with Gasteiger partial charge in [0.25, 0.3) is 0 Å². The molecule has 0 amide bonds. The predicted molar refractivity (Wildman–Crippen MR) is 58.7 cm³/mol.